The Kier molecular flexibility index (Phi) is 4.71. The number of pyridine rings is 1. The number of rotatable bonds is 6. The van der Waals surface area contributed by atoms with E-state index in [1.807, 2.05) is 6.07 Å². The lowest BCUT2D eigenvalue weighted by atomic mass is 10.2. The Morgan fingerprint density at radius 3 is 2.76 bits per heavy atom. The summed E-state index contributed by atoms with van der Waals surface area (Å²) in [6, 6.07) is 6.51. The first-order chi connectivity index (χ1) is 10.1. The largest absolute Gasteiger partial charge is 0.456 e. The molecule has 110 valence electrons. The Hall–Kier alpha value is -2.63. The molecule has 0 saturated heterocycles. The summed E-state index contributed by atoms with van der Waals surface area (Å²) in [5.74, 6) is 1.14. The first-order valence-electron chi connectivity index (χ1n) is 6.72. The number of nitrogens with zero attached hydrogens (tertiary/aromatic N) is 2. The SMILES string of the molecule is CCCNc1cncc(Oc2ccc([N+](=O)[O-])c(C)c2)c1. The molecule has 0 aliphatic rings. The number of hydrogen-bond acceptors (Lipinski definition) is 5. The third kappa shape index (κ3) is 3.92. The van der Waals surface area contributed by atoms with Gasteiger partial charge in [-0.1, -0.05) is 6.92 Å². The van der Waals surface area contributed by atoms with Gasteiger partial charge in [-0.15, -0.1) is 0 Å². The van der Waals surface area contributed by atoms with Gasteiger partial charge in [0.05, 0.1) is 23.0 Å². The van der Waals surface area contributed by atoms with Crippen LogP contribution in [0.25, 0.3) is 0 Å². The molecule has 1 aromatic carbocycles. The van der Waals surface area contributed by atoms with Gasteiger partial charge in [-0.3, -0.25) is 15.1 Å². The molecule has 0 atom stereocenters. The Bertz CT molecular complexity index is 644. The van der Waals surface area contributed by atoms with E-state index in [1.165, 1.54) is 6.07 Å². The van der Waals surface area contributed by atoms with Crippen LogP contribution in [0.2, 0.25) is 0 Å². The van der Waals surface area contributed by atoms with Gasteiger partial charge < -0.3 is 10.1 Å². The van der Waals surface area contributed by atoms with E-state index in [9.17, 15) is 10.1 Å². The number of ether oxygens (including phenoxy) is 1. The van der Waals surface area contributed by atoms with Gasteiger partial charge in [0.15, 0.2) is 0 Å². The van der Waals surface area contributed by atoms with Gasteiger partial charge in [-0.25, -0.2) is 0 Å². The Balaban J connectivity index is 2.14. The molecular weight excluding hydrogens is 270 g/mol. The van der Waals surface area contributed by atoms with Crippen LogP contribution in [-0.4, -0.2) is 16.5 Å². The van der Waals surface area contributed by atoms with Crippen LogP contribution in [0.15, 0.2) is 36.7 Å². The number of nitro benzene ring substituents is 1. The minimum Gasteiger partial charge on any atom is -0.456 e. The van der Waals surface area contributed by atoms with E-state index >= 15 is 0 Å². The highest BCUT2D eigenvalue weighted by Crippen LogP contribution is 2.27. The van der Waals surface area contributed by atoms with Crippen molar-refractivity contribution in [3.8, 4) is 11.5 Å². The lowest BCUT2D eigenvalue weighted by Crippen LogP contribution is -2.00. The van der Waals surface area contributed by atoms with Crippen LogP contribution in [0.1, 0.15) is 18.9 Å². The molecule has 0 amide bonds. The molecule has 0 fully saturated rings. The van der Waals surface area contributed by atoms with Gasteiger partial charge >= 0.3 is 0 Å². The molecule has 21 heavy (non-hydrogen) atoms. The van der Waals surface area contributed by atoms with Crippen molar-refractivity contribution in [1.29, 1.82) is 0 Å². The quantitative estimate of drug-likeness (QED) is 0.643. The predicted octanol–water partition coefficient (Wildman–Crippen LogP) is 3.91. The van der Waals surface area contributed by atoms with E-state index in [1.54, 1.807) is 31.5 Å². The number of nitro groups is 1. The number of aryl methyl sites for hydroxylation is 1. The van der Waals surface area contributed by atoms with Crippen molar-refractivity contribution in [3.05, 3.63) is 52.3 Å². The Morgan fingerprint density at radius 1 is 1.29 bits per heavy atom. The van der Waals surface area contributed by atoms with Gasteiger partial charge in [-0.2, -0.15) is 0 Å². The minimum absolute atomic E-state index is 0.0823. The topological polar surface area (TPSA) is 77.3 Å². The Labute approximate surface area is 122 Å². The maximum absolute atomic E-state index is 10.8. The molecule has 6 nitrogen and oxygen atoms in total. The third-order valence-electron chi connectivity index (χ3n) is 2.89. The maximum Gasteiger partial charge on any atom is 0.272 e. The molecule has 1 N–H and O–H groups in total. The molecular formula is C15H17N3O3. The molecule has 0 aliphatic heterocycles. The summed E-state index contributed by atoms with van der Waals surface area (Å²) >= 11 is 0. The molecule has 1 aromatic heterocycles. The van der Waals surface area contributed by atoms with Gasteiger partial charge in [0.1, 0.15) is 11.5 Å². The van der Waals surface area contributed by atoms with E-state index in [-0.39, 0.29) is 5.69 Å². The summed E-state index contributed by atoms with van der Waals surface area (Å²) in [6.45, 7) is 4.63. The van der Waals surface area contributed by atoms with Crippen molar-refractivity contribution in [2.45, 2.75) is 20.3 Å². The molecule has 0 radical (unpaired) electrons. The second-order valence-electron chi connectivity index (χ2n) is 4.64. The fourth-order valence-corrected chi connectivity index (χ4v) is 1.87. The molecule has 2 rings (SSSR count). The average molecular weight is 287 g/mol. The third-order valence-corrected chi connectivity index (χ3v) is 2.89. The first-order valence-corrected chi connectivity index (χ1v) is 6.72. The van der Waals surface area contributed by atoms with Gasteiger partial charge in [0, 0.05) is 24.2 Å². The summed E-state index contributed by atoms with van der Waals surface area (Å²) in [4.78, 5) is 14.5. The molecule has 1 heterocycles. The molecule has 0 aliphatic carbocycles. The van der Waals surface area contributed by atoms with Crippen molar-refractivity contribution in [3.63, 3.8) is 0 Å². The van der Waals surface area contributed by atoms with Crippen molar-refractivity contribution in [1.82, 2.24) is 4.98 Å². The highest BCUT2D eigenvalue weighted by molar-refractivity contribution is 5.48. The molecule has 0 saturated carbocycles. The number of nitrogens with one attached hydrogen (secondary N) is 1. The lowest BCUT2D eigenvalue weighted by Gasteiger charge is -2.09. The maximum atomic E-state index is 10.8. The van der Waals surface area contributed by atoms with Crippen LogP contribution < -0.4 is 10.1 Å². The molecule has 2 aromatic rings. The number of aromatic nitrogens is 1. The number of benzene rings is 1. The average Bonchev–Trinajstić information content (AvgIpc) is 2.45. The van der Waals surface area contributed by atoms with Gasteiger partial charge in [-0.05, 0) is 25.5 Å². The second-order valence-corrected chi connectivity index (χ2v) is 4.64. The van der Waals surface area contributed by atoms with Crippen LogP contribution in [0.5, 0.6) is 11.5 Å². The van der Waals surface area contributed by atoms with Crippen LogP contribution in [0, 0.1) is 17.0 Å². The van der Waals surface area contributed by atoms with Crippen LogP contribution in [0.4, 0.5) is 11.4 Å². The molecule has 0 bridgehead atoms. The summed E-state index contributed by atoms with van der Waals surface area (Å²) < 4.78 is 5.69. The van der Waals surface area contributed by atoms with Crippen LogP contribution in [0.3, 0.4) is 0 Å². The van der Waals surface area contributed by atoms with Gasteiger partial charge in [0.25, 0.3) is 5.69 Å². The smallest absolute Gasteiger partial charge is 0.272 e. The zero-order valence-corrected chi connectivity index (χ0v) is 12.0. The molecule has 0 spiro atoms. The number of anilines is 1. The van der Waals surface area contributed by atoms with E-state index < -0.39 is 4.92 Å². The summed E-state index contributed by atoms with van der Waals surface area (Å²) in [5, 5.41) is 14.0. The second kappa shape index (κ2) is 6.69. The zero-order chi connectivity index (χ0) is 15.2. The van der Waals surface area contributed by atoms with Gasteiger partial charge in [0.2, 0.25) is 0 Å². The predicted molar refractivity (Wildman–Crippen MR) is 80.9 cm³/mol. The fraction of sp³-hybridized carbons (Fsp3) is 0.267. The van der Waals surface area contributed by atoms with Crippen LogP contribution >= 0.6 is 0 Å². The first kappa shape index (κ1) is 14.8. The lowest BCUT2D eigenvalue weighted by molar-refractivity contribution is -0.385. The highest BCUT2D eigenvalue weighted by Gasteiger charge is 2.11. The van der Waals surface area contributed by atoms with E-state index in [2.05, 4.69) is 17.2 Å². The fourth-order valence-electron chi connectivity index (χ4n) is 1.87. The van der Waals surface area contributed by atoms with Crippen molar-refractivity contribution in [2.24, 2.45) is 0 Å². The summed E-state index contributed by atoms with van der Waals surface area (Å²) in [5.41, 5.74) is 1.53. The minimum atomic E-state index is -0.407. The van der Waals surface area contributed by atoms with E-state index in [0.717, 1.165) is 18.7 Å². The monoisotopic (exact) mass is 287 g/mol. The normalized spacial score (nSPS) is 10.2. The molecule has 6 heteroatoms. The van der Waals surface area contributed by atoms with E-state index in [4.69, 9.17) is 4.74 Å². The summed E-state index contributed by atoms with van der Waals surface area (Å²) in [6.07, 6.45) is 4.35. The Morgan fingerprint density at radius 2 is 2.10 bits per heavy atom. The van der Waals surface area contributed by atoms with E-state index in [0.29, 0.717) is 17.1 Å². The zero-order valence-electron chi connectivity index (χ0n) is 12.0. The van der Waals surface area contributed by atoms with Crippen LogP contribution in [-0.2, 0) is 0 Å². The highest BCUT2D eigenvalue weighted by atomic mass is 16.6. The number of hydrogen-bond donors (Lipinski definition) is 1. The summed E-state index contributed by atoms with van der Waals surface area (Å²) in [7, 11) is 0. The van der Waals surface area contributed by atoms with Crippen molar-refractivity contribution < 1.29 is 9.66 Å². The standard InChI is InChI=1S/C15H17N3O3/c1-3-6-17-12-8-14(10-16-9-12)21-13-4-5-15(18(19)20)11(2)7-13/h4-5,7-10,17H,3,6H2,1-2H3. The van der Waals surface area contributed by atoms with Crippen molar-refractivity contribution in [2.75, 3.05) is 11.9 Å². The molecule has 0 unspecified atom stereocenters. The van der Waals surface area contributed by atoms with Crippen molar-refractivity contribution >= 4 is 11.4 Å².